The van der Waals surface area contributed by atoms with Crippen LogP contribution < -0.4 is 11.1 Å². The molecule has 0 aliphatic carbocycles. The zero-order valence-corrected chi connectivity index (χ0v) is 9.63. The monoisotopic (exact) mass is 251 g/mol. The summed E-state index contributed by atoms with van der Waals surface area (Å²) in [5.41, 5.74) is 5.99. The van der Waals surface area contributed by atoms with Crippen molar-refractivity contribution >= 4 is 22.9 Å². The molecule has 0 saturated heterocycles. The zero-order chi connectivity index (χ0) is 12.3. The highest BCUT2D eigenvalue weighted by atomic mass is 32.1. The number of benzene rings is 1. The molecule has 4 nitrogen and oxygen atoms in total. The minimum atomic E-state index is -0.487. The standard InChI is InChI=1S/C11H10FN3OS/c12-7-1-2-9(13)8(5-7)11(16)15-6-10-14-3-4-17-10/h1-5H,6,13H2,(H,15,16). The molecular formula is C11H10FN3OS. The molecule has 0 radical (unpaired) electrons. The van der Waals surface area contributed by atoms with Crippen molar-refractivity contribution < 1.29 is 9.18 Å². The number of halogens is 1. The molecule has 6 heteroatoms. The fraction of sp³-hybridized carbons (Fsp3) is 0.0909. The number of hydrogen-bond donors (Lipinski definition) is 2. The largest absolute Gasteiger partial charge is 0.398 e. The molecule has 0 aliphatic heterocycles. The summed E-state index contributed by atoms with van der Waals surface area (Å²) in [6, 6.07) is 3.70. The molecule has 0 bridgehead atoms. The van der Waals surface area contributed by atoms with Crippen LogP contribution in [-0.4, -0.2) is 10.9 Å². The Morgan fingerprint density at radius 2 is 2.35 bits per heavy atom. The summed E-state index contributed by atoms with van der Waals surface area (Å²) in [7, 11) is 0. The molecule has 0 fully saturated rings. The van der Waals surface area contributed by atoms with Gasteiger partial charge in [-0.15, -0.1) is 11.3 Å². The molecule has 0 unspecified atom stereocenters. The number of rotatable bonds is 3. The Morgan fingerprint density at radius 1 is 1.53 bits per heavy atom. The lowest BCUT2D eigenvalue weighted by Gasteiger charge is -2.06. The van der Waals surface area contributed by atoms with E-state index in [-0.39, 0.29) is 11.3 Å². The predicted octanol–water partition coefficient (Wildman–Crippen LogP) is 1.79. The Hall–Kier alpha value is -1.95. The maximum atomic E-state index is 13.0. The minimum absolute atomic E-state index is 0.140. The van der Waals surface area contributed by atoms with Crippen LogP contribution in [0.2, 0.25) is 0 Å². The van der Waals surface area contributed by atoms with Crippen molar-refractivity contribution in [2.24, 2.45) is 0 Å². The molecule has 3 N–H and O–H groups in total. The van der Waals surface area contributed by atoms with Gasteiger partial charge in [-0.3, -0.25) is 4.79 Å². The lowest BCUT2D eigenvalue weighted by molar-refractivity contribution is 0.0951. The lowest BCUT2D eigenvalue weighted by atomic mass is 10.1. The average Bonchev–Trinajstić information content (AvgIpc) is 2.82. The molecule has 0 saturated carbocycles. The van der Waals surface area contributed by atoms with E-state index in [4.69, 9.17) is 5.73 Å². The highest BCUT2D eigenvalue weighted by molar-refractivity contribution is 7.09. The van der Waals surface area contributed by atoms with E-state index in [0.717, 1.165) is 11.1 Å². The van der Waals surface area contributed by atoms with Crippen LogP contribution >= 0.6 is 11.3 Å². The highest BCUT2D eigenvalue weighted by Crippen LogP contribution is 2.13. The summed E-state index contributed by atoms with van der Waals surface area (Å²) in [6.45, 7) is 0.312. The Morgan fingerprint density at radius 3 is 3.06 bits per heavy atom. The van der Waals surface area contributed by atoms with Crippen LogP contribution in [0.15, 0.2) is 29.8 Å². The number of anilines is 1. The summed E-state index contributed by atoms with van der Waals surface area (Å²) in [5.74, 6) is -0.893. The number of amides is 1. The van der Waals surface area contributed by atoms with Gasteiger partial charge in [0.2, 0.25) is 0 Å². The van der Waals surface area contributed by atoms with Crippen molar-refractivity contribution in [2.75, 3.05) is 5.73 Å². The number of hydrogen-bond acceptors (Lipinski definition) is 4. The van der Waals surface area contributed by atoms with E-state index >= 15 is 0 Å². The molecule has 0 atom stereocenters. The maximum absolute atomic E-state index is 13.0. The lowest BCUT2D eigenvalue weighted by Crippen LogP contribution is -2.23. The Balaban J connectivity index is 2.07. The molecule has 1 amide bonds. The number of thiazole rings is 1. The first kappa shape index (κ1) is 11.5. The van der Waals surface area contributed by atoms with Crippen molar-refractivity contribution in [3.05, 3.63) is 46.2 Å². The number of aromatic nitrogens is 1. The van der Waals surface area contributed by atoms with E-state index in [1.54, 1.807) is 6.20 Å². The van der Waals surface area contributed by atoms with Gasteiger partial charge in [0, 0.05) is 17.3 Å². The molecule has 1 aromatic carbocycles. The molecule has 0 aliphatic rings. The van der Waals surface area contributed by atoms with Crippen LogP contribution in [0, 0.1) is 5.82 Å². The van der Waals surface area contributed by atoms with E-state index in [2.05, 4.69) is 10.3 Å². The third kappa shape index (κ3) is 2.79. The normalized spacial score (nSPS) is 10.2. The minimum Gasteiger partial charge on any atom is -0.398 e. The summed E-state index contributed by atoms with van der Waals surface area (Å²) < 4.78 is 13.0. The molecule has 88 valence electrons. The molecule has 17 heavy (non-hydrogen) atoms. The molecule has 0 spiro atoms. The highest BCUT2D eigenvalue weighted by Gasteiger charge is 2.10. The van der Waals surface area contributed by atoms with Crippen molar-refractivity contribution in [3.8, 4) is 0 Å². The Bertz CT molecular complexity index is 528. The van der Waals surface area contributed by atoms with Gasteiger partial charge in [0.15, 0.2) is 0 Å². The van der Waals surface area contributed by atoms with Gasteiger partial charge in [-0.1, -0.05) is 0 Å². The van der Waals surface area contributed by atoms with Crippen LogP contribution in [0.25, 0.3) is 0 Å². The van der Waals surface area contributed by atoms with Crippen LogP contribution in [0.5, 0.6) is 0 Å². The van der Waals surface area contributed by atoms with E-state index in [9.17, 15) is 9.18 Å². The van der Waals surface area contributed by atoms with Crippen molar-refractivity contribution in [1.29, 1.82) is 0 Å². The van der Waals surface area contributed by atoms with Gasteiger partial charge in [0.1, 0.15) is 10.8 Å². The number of nitrogens with zero attached hydrogens (tertiary/aromatic N) is 1. The molecule has 2 rings (SSSR count). The third-order valence-electron chi connectivity index (χ3n) is 2.14. The van der Waals surface area contributed by atoms with Crippen LogP contribution in [-0.2, 0) is 6.54 Å². The summed E-state index contributed by atoms with van der Waals surface area (Å²) in [4.78, 5) is 15.8. The van der Waals surface area contributed by atoms with Crippen molar-refractivity contribution in [1.82, 2.24) is 10.3 Å². The first-order valence-corrected chi connectivity index (χ1v) is 5.76. The van der Waals surface area contributed by atoms with E-state index in [0.29, 0.717) is 6.54 Å². The molecule has 1 aromatic heterocycles. The van der Waals surface area contributed by atoms with Gasteiger partial charge in [0.05, 0.1) is 12.1 Å². The Kier molecular flexibility index (Phi) is 3.34. The van der Waals surface area contributed by atoms with Crippen molar-refractivity contribution in [3.63, 3.8) is 0 Å². The van der Waals surface area contributed by atoms with Crippen LogP contribution in [0.1, 0.15) is 15.4 Å². The van der Waals surface area contributed by atoms with E-state index in [1.165, 1.54) is 23.5 Å². The summed E-state index contributed by atoms with van der Waals surface area (Å²) in [5, 5.41) is 5.23. The SMILES string of the molecule is Nc1ccc(F)cc1C(=O)NCc1nccs1. The quantitative estimate of drug-likeness (QED) is 0.817. The first-order valence-electron chi connectivity index (χ1n) is 4.88. The fourth-order valence-electron chi connectivity index (χ4n) is 1.32. The number of nitrogens with one attached hydrogen (secondary N) is 1. The average molecular weight is 251 g/mol. The predicted molar refractivity (Wildman–Crippen MR) is 64.1 cm³/mol. The number of carbonyl (C=O) groups is 1. The maximum Gasteiger partial charge on any atom is 0.253 e. The van der Waals surface area contributed by atoms with Gasteiger partial charge >= 0.3 is 0 Å². The van der Waals surface area contributed by atoms with Crippen molar-refractivity contribution in [2.45, 2.75) is 6.54 Å². The molecule has 2 aromatic rings. The summed E-state index contributed by atoms with van der Waals surface area (Å²) >= 11 is 1.44. The van der Waals surface area contributed by atoms with Gasteiger partial charge in [-0.2, -0.15) is 0 Å². The smallest absolute Gasteiger partial charge is 0.253 e. The van der Waals surface area contributed by atoms with Gasteiger partial charge in [0.25, 0.3) is 5.91 Å². The first-order chi connectivity index (χ1) is 8.16. The van der Waals surface area contributed by atoms with Crippen LogP contribution in [0.4, 0.5) is 10.1 Å². The fourth-order valence-corrected chi connectivity index (χ4v) is 1.87. The van der Waals surface area contributed by atoms with E-state index in [1.807, 2.05) is 5.38 Å². The van der Waals surface area contributed by atoms with Gasteiger partial charge in [-0.05, 0) is 18.2 Å². The second-order valence-electron chi connectivity index (χ2n) is 3.34. The topological polar surface area (TPSA) is 68.0 Å². The summed E-state index contributed by atoms with van der Waals surface area (Å²) in [6.07, 6.45) is 1.66. The number of nitrogen functional groups attached to an aromatic ring is 1. The van der Waals surface area contributed by atoms with Gasteiger partial charge in [-0.25, -0.2) is 9.37 Å². The van der Waals surface area contributed by atoms with Gasteiger partial charge < -0.3 is 11.1 Å². The zero-order valence-electron chi connectivity index (χ0n) is 8.81. The second-order valence-corrected chi connectivity index (χ2v) is 4.32. The van der Waals surface area contributed by atoms with E-state index < -0.39 is 11.7 Å². The van der Waals surface area contributed by atoms with Crippen LogP contribution in [0.3, 0.4) is 0 Å². The number of nitrogens with two attached hydrogens (primary N) is 1. The third-order valence-corrected chi connectivity index (χ3v) is 2.92. The number of carbonyl (C=O) groups excluding carboxylic acids is 1. The molecular weight excluding hydrogens is 241 g/mol. The Labute approximate surface area is 101 Å². The molecule has 1 heterocycles. The second kappa shape index (κ2) is 4.92.